The first-order valence-corrected chi connectivity index (χ1v) is 6.28. The van der Waals surface area contributed by atoms with Gasteiger partial charge < -0.3 is 10.4 Å². The molecule has 0 aromatic heterocycles. The van der Waals surface area contributed by atoms with Gasteiger partial charge in [-0.3, -0.25) is 10.1 Å². The van der Waals surface area contributed by atoms with Crippen molar-refractivity contribution in [2.24, 2.45) is 0 Å². The average molecular weight is 272 g/mol. The maximum Gasteiger partial charge on any atom is 0.292 e. The molecule has 0 aliphatic carbocycles. The molecule has 1 atom stereocenters. The molecular formula is C15H16N2O3. The Labute approximate surface area is 117 Å². The molecule has 2 aromatic rings. The highest BCUT2D eigenvalue weighted by Gasteiger charge is 2.15. The van der Waals surface area contributed by atoms with E-state index < -0.39 is 11.0 Å². The van der Waals surface area contributed by atoms with Gasteiger partial charge in [-0.2, -0.15) is 0 Å². The van der Waals surface area contributed by atoms with Gasteiger partial charge in [0.15, 0.2) is 0 Å². The third kappa shape index (κ3) is 2.95. The second-order valence-electron chi connectivity index (χ2n) is 4.65. The van der Waals surface area contributed by atoms with Gasteiger partial charge in [0.1, 0.15) is 5.69 Å². The second kappa shape index (κ2) is 5.71. The van der Waals surface area contributed by atoms with E-state index in [9.17, 15) is 15.2 Å². The van der Waals surface area contributed by atoms with Crippen LogP contribution in [0.1, 0.15) is 24.2 Å². The lowest BCUT2D eigenvalue weighted by atomic mass is 10.1. The number of nitro groups is 1. The molecule has 0 spiro atoms. The Bertz CT molecular complexity index is 622. The molecule has 0 aliphatic rings. The van der Waals surface area contributed by atoms with Crippen molar-refractivity contribution in [1.29, 1.82) is 0 Å². The van der Waals surface area contributed by atoms with Crippen LogP contribution in [0, 0.1) is 17.0 Å². The van der Waals surface area contributed by atoms with Crippen LogP contribution in [0.5, 0.6) is 0 Å². The van der Waals surface area contributed by atoms with Crippen molar-refractivity contribution in [3.63, 3.8) is 0 Å². The Morgan fingerprint density at radius 3 is 2.40 bits per heavy atom. The van der Waals surface area contributed by atoms with Gasteiger partial charge in [-0.05, 0) is 37.1 Å². The fraction of sp³-hybridized carbons (Fsp3) is 0.200. The van der Waals surface area contributed by atoms with Crippen LogP contribution in [-0.4, -0.2) is 10.0 Å². The van der Waals surface area contributed by atoms with Crippen molar-refractivity contribution in [2.45, 2.75) is 20.0 Å². The van der Waals surface area contributed by atoms with Crippen LogP contribution in [0.3, 0.4) is 0 Å². The van der Waals surface area contributed by atoms with Crippen LogP contribution in [0.25, 0.3) is 0 Å². The smallest absolute Gasteiger partial charge is 0.292 e. The summed E-state index contributed by atoms with van der Waals surface area (Å²) in [6.07, 6.45) is -0.531. The Hall–Kier alpha value is -2.40. The number of para-hydroxylation sites is 1. The number of anilines is 2. The van der Waals surface area contributed by atoms with Gasteiger partial charge in [0.05, 0.1) is 11.0 Å². The lowest BCUT2D eigenvalue weighted by molar-refractivity contribution is -0.383. The molecule has 2 rings (SSSR count). The Balaban J connectivity index is 2.32. The van der Waals surface area contributed by atoms with Gasteiger partial charge in [-0.15, -0.1) is 0 Å². The fourth-order valence-corrected chi connectivity index (χ4v) is 1.96. The molecule has 0 saturated heterocycles. The van der Waals surface area contributed by atoms with E-state index >= 15 is 0 Å². The first-order chi connectivity index (χ1) is 9.49. The molecule has 5 nitrogen and oxygen atoms in total. The normalized spacial score (nSPS) is 11.9. The molecular weight excluding hydrogens is 256 g/mol. The molecule has 0 bridgehead atoms. The minimum Gasteiger partial charge on any atom is -0.389 e. The molecule has 2 N–H and O–H groups in total. The minimum absolute atomic E-state index is 0.0459. The summed E-state index contributed by atoms with van der Waals surface area (Å²) in [6, 6.07) is 12.1. The topological polar surface area (TPSA) is 75.4 Å². The van der Waals surface area contributed by atoms with E-state index in [4.69, 9.17) is 0 Å². The fourth-order valence-electron chi connectivity index (χ4n) is 1.96. The van der Waals surface area contributed by atoms with Crippen LogP contribution in [0.2, 0.25) is 0 Å². The van der Waals surface area contributed by atoms with Crippen LogP contribution in [0.4, 0.5) is 17.1 Å². The van der Waals surface area contributed by atoms with E-state index in [-0.39, 0.29) is 5.69 Å². The minimum atomic E-state index is -0.531. The van der Waals surface area contributed by atoms with Crippen molar-refractivity contribution in [1.82, 2.24) is 0 Å². The molecule has 104 valence electrons. The van der Waals surface area contributed by atoms with Crippen molar-refractivity contribution in [3.05, 3.63) is 63.7 Å². The number of nitrogens with zero attached hydrogens (tertiary/aromatic N) is 1. The third-order valence-corrected chi connectivity index (χ3v) is 3.11. The SMILES string of the molecule is Cc1cccc([N+](=O)[O-])c1Nc1ccc(C(C)O)cc1. The number of nitrogens with one attached hydrogen (secondary N) is 1. The first kappa shape index (κ1) is 14.0. The standard InChI is InChI=1S/C15H16N2O3/c1-10-4-3-5-14(17(19)20)15(10)16-13-8-6-12(7-9-13)11(2)18/h3-9,11,16,18H,1-2H3. The van der Waals surface area contributed by atoms with Crippen molar-refractivity contribution in [3.8, 4) is 0 Å². The van der Waals surface area contributed by atoms with E-state index in [1.54, 1.807) is 37.3 Å². The highest BCUT2D eigenvalue weighted by Crippen LogP contribution is 2.31. The van der Waals surface area contributed by atoms with Gasteiger partial charge in [0, 0.05) is 11.8 Å². The first-order valence-electron chi connectivity index (χ1n) is 6.28. The third-order valence-electron chi connectivity index (χ3n) is 3.11. The second-order valence-corrected chi connectivity index (χ2v) is 4.65. The molecule has 0 fully saturated rings. The van der Waals surface area contributed by atoms with Crippen LogP contribution < -0.4 is 5.32 Å². The molecule has 0 heterocycles. The quantitative estimate of drug-likeness (QED) is 0.657. The van der Waals surface area contributed by atoms with Gasteiger partial charge in [-0.1, -0.05) is 24.3 Å². The summed E-state index contributed by atoms with van der Waals surface area (Å²) in [7, 11) is 0. The summed E-state index contributed by atoms with van der Waals surface area (Å²) >= 11 is 0. The van der Waals surface area contributed by atoms with E-state index in [1.165, 1.54) is 6.07 Å². The molecule has 1 unspecified atom stereocenters. The average Bonchev–Trinajstić information content (AvgIpc) is 2.41. The van der Waals surface area contributed by atoms with E-state index in [2.05, 4.69) is 5.32 Å². The summed E-state index contributed by atoms with van der Waals surface area (Å²) in [5, 5.41) is 23.6. The Morgan fingerprint density at radius 1 is 1.20 bits per heavy atom. The number of hydrogen-bond acceptors (Lipinski definition) is 4. The molecule has 0 amide bonds. The van der Waals surface area contributed by atoms with Gasteiger partial charge in [0.25, 0.3) is 5.69 Å². The van der Waals surface area contributed by atoms with Gasteiger partial charge in [-0.25, -0.2) is 0 Å². The van der Waals surface area contributed by atoms with Crippen molar-refractivity contribution >= 4 is 17.1 Å². The number of aliphatic hydroxyl groups is 1. The summed E-state index contributed by atoms with van der Waals surface area (Å²) < 4.78 is 0. The van der Waals surface area contributed by atoms with Crippen LogP contribution in [-0.2, 0) is 0 Å². The number of nitro benzene ring substituents is 1. The monoisotopic (exact) mass is 272 g/mol. The molecule has 5 heteroatoms. The largest absolute Gasteiger partial charge is 0.389 e. The summed E-state index contributed by atoms with van der Waals surface area (Å²) in [5.41, 5.74) is 2.88. The summed E-state index contributed by atoms with van der Waals surface area (Å²) in [6.45, 7) is 3.51. The van der Waals surface area contributed by atoms with Crippen molar-refractivity contribution in [2.75, 3.05) is 5.32 Å². The predicted octanol–water partition coefficient (Wildman–Crippen LogP) is 3.70. The number of aryl methyl sites for hydroxylation is 1. The lowest BCUT2D eigenvalue weighted by Gasteiger charge is -2.11. The zero-order valence-electron chi connectivity index (χ0n) is 11.3. The molecule has 0 radical (unpaired) electrons. The number of benzene rings is 2. The number of hydrogen-bond donors (Lipinski definition) is 2. The van der Waals surface area contributed by atoms with Gasteiger partial charge >= 0.3 is 0 Å². The van der Waals surface area contributed by atoms with E-state index in [0.29, 0.717) is 5.69 Å². The van der Waals surface area contributed by atoms with E-state index in [0.717, 1.165) is 16.8 Å². The summed E-state index contributed by atoms with van der Waals surface area (Å²) in [4.78, 5) is 10.6. The number of rotatable bonds is 4. The maximum absolute atomic E-state index is 11.0. The maximum atomic E-state index is 11.0. The van der Waals surface area contributed by atoms with E-state index in [1.807, 2.05) is 13.0 Å². The molecule has 20 heavy (non-hydrogen) atoms. The van der Waals surface area contributed by atoms with Gasteiger partial charge in [0.2, 0.25) is 0 Å². The van der Waals surface area contributed by atoms with Crippen LogP contribution in [0.15, 0.2) is 42.5 Å². The van der Waals surface area contributed by atoms with Crippen molar-refractivity contribution < 1.29 is 10.0 Å². The van der Waals surface area contributed by atoms with Crippen LogP contribution >= 0.6 is 0 Å². The predicted molar refractivity (Wildman–Crippen MR) is 78.2 cm³/mol. The number of aliphatic hydroxyl groups excluding tert-OH is 1. The molecule has 0 aliphatic heterocycles. The zero-order chi connectivity index (χ0) is 14.7. The lowest BCUT2D eigenvalue weighted by Crippen LogP contribution is -1.99. The highest BCUT2D eigenvalue weighted by atomic mass is 16.6. The Kier molecular flexibility index (Phi) is 4.00. The molecule has 2 aromatic carbocycles. The highest BCUT2D eigenvalue weighted by molar-refractivity contribution is 5.72. The Morgan fingerprint density at radius 2 is 1.85 bits per heavy atom. The summed E-state index contributed by atoms with van der Waals surface area (Å²) in [5.74, 6) is 0. The zero-order valence-corrected chi connectivity index (χ0v) is 11.3. The molecule has 0 saturated carbocycles.